The summed E-state index contributed by atoms with van der Waals surface area (Å²) < 4.78 is 0. The minimum atomic E-state index is -2.67. The number of amides is 2. The third-order valence-electron chi connectivity index (χ3n) is 8.88. The van der Waals surface area contributed by atoms with E-state index in [2.05, 4.69) is 5.32 Å². The van der Waals surface area contributed by atoms with Crippen molar-refractivity contribution in [3.63, 3.8) is 0 Å². The van der Waals surface area contributed by atoms with Crippen LogP contribution in [0.25, 0.3) is 16.9 Å². The first-order valence-electron chi connectivity index (χ1n) is 14.0. The van der Waals surface area contributed by atoms with Gasteiger partial charge in [-0.1, -0.05) is 39.0 Å². The summed E-state index contributed by atoms with van der Waals surface area (Å²) in [5.41, 5.74) is 3.83. The minimum absolute atomic E-state index is 0.0112. The third-order valence-corrected chi connectivity index (χ3v) is 8.88. The SMILES string of the molecule is CCC(=O)C(=O)Nc1ccc(-c2ccc(O)c3c2C[C@H]2C[C@H]4[C@H](C(C)C)C(=O)C(C(N)=O)=C(O)[C@@]4(O)C(=O)C2=C3O)cc1. The number of aliphatic hydroxyl groups is 3. The molecule has 2 aromatic carbocycles. The largest absolute Gasteiger partial charge is 0.508 e. The number of nitrogens with one attached hydrogen (secondary N) is 1. The van der Waals surface area contributed by atoms with E-state index in [1.165, 1.54) is 6.07 Å². The van der Waals surface area contributed by atoms with Crippen molar-refractivity contribution in [1.29, 1.82) is 0 Å². The maximum absolute atomic E-state index is 14.0. The molecule has 1 saturated carbocycles. The zero-order valence-electron chi connectivity index (χ0n) is 23.8. The predicted molar refractivity (Wildman–Crippen MR) is 154 cm³/mol. The van der Waals surface area contributed by atoms with Crippen LogP contribution in [-0.4, -0.2) is 55.2 Å². The lowest BCUT2D eigenvalue weighted by Crippen LogP contribution is -2.62. The van der Waals surface area contributed by atoms with Crippen LogP contribution in [0.4, 0.5) is 5.69 Å². The van der Waals surface area contributed by atoms with E-state index in [-0.39, 0.29) is 36.1 Å². The van der Waals surface area contributed by atoms with Crippen molar-refractivity contribution in [3.8, 4) is 16.9 Å². The molecule has 4 atom stereocenters. The lowest BCUT2D eigenvalue weighted by Gasteiger charge is -2.50. The van der Waals surface area contributed by atoms with Crippen molar-refractivity contribution < 1.29 is 44.4 Å². The second-order valence-electron chi connectivity index (χ2n) is 11.6. The number of Topliss-reactive ketones (excluding diaryl/α,β-unsaturated/α-hetero) is 3. The van der Waals surface area contributed by atoms with Crippen LogP contribution in [0.15, 0.2) is 53.3 Å². The van der Waals surface area contributed by atoms with Crippen molar-refractivity contribution in [1.82, 2.24) is 0 Å². The number of aliphatic hydroxyl groups excluding tert-OH is 2. The Hall–Kier alpha value is -4.77. The number of nitrogens with two attached hydrogens (primary N) is 1. The van der Waals surface area contributed by atoms with E-state index >= 15 is 0 Å². The molecule has 43 heavy (non-hydrogen) atoms. The number of phenolic OH excluding ortho intramolecular Hbond substituents is 1. The third kappa shape index (κ3) is 4.42. The smallest absolute Gasteiger partial charge is 0.291 e. The second kappa shape index (κ2) is 10.5. The first-order valence-corrected chi connectivity index (χ1v) is 14.0. The van der Waals surface area contributed by atoms with Gasteiger partial charge in [0, 0.05) is 29.5 Å². The molecule has 0 saturated heterocycles. The van der Waals surface area contributed by atoms with Gasteiger partial charge in [-0.25, -0.2) is 0 Å². The summed E-state index contributed by atoms with van der Waals surface area (Å²) in [6, 6.07) is 9.61. The monoisotopic (exact) mass is 588 g/mol. The number of ketones is 3. The van der Waals surface area contributed by atoms with Gasteiger partial charge in [0.25, 0.3) is 11.8 Å². The number of anilines is 1. The molecule has 11 heteroatoms. The van der Waals surface area contributed by atoms with Gasteiger partial charge in [-0.3, -0.25) is 24.0 Å². The number of phenols is 1. The highest BCUT2D eigenvalue weighted by Crippen LogP contribution is 2.55. The highest BCUT2D eigenvalue weighted by Gasteiger charge is 2.64. The van der Waals surface area contributed by atoms with E-state index in [0.29, 0.717) is 22.4 Å². The van der Waals surface area contributed by atoms with E-state index in [4.69, 9.17) is 5.73 Å². The molecular weight excluding hydrogens is 556 g/mol. The van der Waals surface area contributed by atoms with E-state index in [1.807, 2.05) is 0 Å². The number of primary amides is 1. The molecule has 0 aliphatic heterocycles. The van der Waals surface area contributed by atoms with Crippen molar-refractivity contribution in [2.45, 2.75) is 45.6 Å². The summed E-state index contributed by atoms with van der Waals surface area (Å²) >= 11 is 0. The first kappa shape index (κ1) is 29.7. The lowest BCUT2D eigenvalue weighted by atomic mass is 9.54. The normalized spacial score (nSPS) is 24.8. The van der Waals surface area contributed by atoms with Crippen LogP contribution in [0.5, 0.6) is 5.75 Å². The van der Waals surface area contributed by atoms with Gasteiger partial charge in [-0.15, -0.1) is 0 Å². The zero-order chi connectivity index (χ0) is 31.5. The van der Waals surface area contributed by atoms with Gasteiger partial charge < -0.3 is 31.5 Å². The Bertz CT molecular complexity index is 1670. The molecular formula is C32H32N2O9. The number of benzene rings is 2. The fraction of sp³-hybridized carbons (Fsp3) is 0.344. The van der Waals surface area contributed by atoms with Crippen molar-refractivity contribution >= 4 is 40.6 Å². The van der Waals surface area contributed by atoms with E-state index in [9.17, 15) is 44.4 Å². The molecule has 3 aliphatic rings. The van der Waals surface area contributed by atoms with E-state index in [1.54, 1.807) is 51.1 Å². The number of hydrogen-bond acceptors (Lipinski definition) is 9. The van der Waals surface area contributed by atoms with Gasteiger partial charge in [-0.2, -0.15) is 0 Å². The highest BCUT2D eigenvalue weighted by molar-refractivity contribution is 6.40. The number of hydrogen-bond donors (Lipinski definition) is 6. The molecule has 1 fully saturated rings. The molecule has 0 radical (unpaired) electrons. The Morgan fingerprint density at radius 3 is 2.28 bits per heavy atom. The average molecular weight is 589 g/mol. The van der Waals surface area contributed by atoms with Gasteiger partial charge in [0.1, 0.15) is 22.8 Å². The zero-order valence-corrected chi connectivity index (χ0v) is 23.8. The molecule has 2 amide bonds. The fourth-order valence-corrected chi connectivity index (χ4v) is 6.85. The van der Waals surface area contributed by atoms with Crippen LogP contribution in [0, 0.1) is 23.7 Å². The standard InChI is InChI=1S/C32H32N2O9/c1-4-20(35)31(42)34-16-7-5-14(6-8-16)17-9-10-21(36)24-18(17)11-15-12-19-22(13(2)3)26(37)25(30(33)41)29(40)32(19,43)28(39)23(15)27(24)38/h5-10,13,15,19,22,36,38,40,43H,4,11-12H2,1-3H3,(H2,33,41)(H,34,42)/t15-,19-,22-,32-/m0/s1. The predicted octanol–water partition coefficient (Wildman–Crippen LogP) is 2.89. The Kier molecular flexibility index (Phi) is 7.25. The summed E-state index contributed by atoms with van der Waals surface area (Å²) in [7, 11) is 0. The van der Waals surface area contributed by atoms with Crippen molar-refractivity contribution in [2.75, 3.05) is 5.32 Å². The molecule has 7 N–H and O–H groups in total. The van der Waals surface area contributed by atoms with Crippen molar-refractivity contribution in [3.05, 3.63) is 64.4 Å². The van der Waals surface area contributed by atoms with Gasteiger partial charge in [0.2, 0.25) is 11.6 Å². The average Bonchev–Trinajstić information content (AvgIpc) is 2.94. The molecule has 0 bridgehead atoms. The summed E-state index contributed by atoms with van der Waals surface area (Å²) in [5, 5.41) is 47.5. The van der Waals surface area contributed by atoms with Gasteiger partial charge in [0.15, 0.2) is 11.4 Å². The molecule has 11 nitrogen and oxygen atoms in total. The Morgan fingerprint density at radius 2 is 1.70 bits per heavy atom. The quantitative estimate of drug-likeness (QED) is 0.216. The molecule has 0 spiro atoms. The topological polar surface area (TPSA) is 204 Å². The molecule has 2 aromatic rings. The van der Waals surface area contributed by atoms with Crippen molar-refractivity contribution in [2.24, 2.45) is 29.4 Å². The summed E-state index contributed by atoms with van der Waals surface area (Å²) in [5.74, 6) is -9.61. The number of fused-ring (bicyclic) bond motifs is 3. The van der Waals surface area contributed by atoms with Crippen LogP contribution in [0.1, 0.15) is 44.7 Å². The van der Waals surface area contributed by atoms with Crippen LogP contribution in [0.3, 0.4) is 0 Å². The maximum Gasteiger partial charge on any atom is 0.291 e. The number of carbonyl (C=O) groups is 5. The van der Waals surface area contributed by atoms with Crippen LogP contribution in [0.2, 0.25) is 0 Å². The Balaban J connectivity index is 1.62. The molecule has 5 rings (SSSR count). The van der Waals surface area contributed by atoms with Gasteiger partial charge >= 0.3 is 0 Å². The molecule has 0 unspecified atom stereocenters. The van der Waals surface area contributed by atoms with Crippen LogP contribution >= 0.6 is 0 Å². The fourth-order valence-electron chi connectivity index (χ4n) is 6.85. The molecule has 0 aromatic heterocycles. The second-order valence-corrected chi connectivity index (χ2v) is 11.6. The minimum Gasteiger partial charge on any atom is -0.508 e. The van der Waals surface area contributed by atoms with Gasteiger partial charge in [-0.05, 0) is 59.6 Å². The molecule has 3 aliphatic carbocycles. The molecule has 224 valence electrons. The number of aromatic hydroxyl groups is 1. The number of carbonyl (C=O) groups excluding carboxylic acids is 5. The lowest BCUT2D eigenvalue weighted by molar-refractivity contribution is -0.155. The van der Waals surface area contributed by atoms with Crippen LogP contribution < -0.4 is 11.1 Å². The first-order chi connectivity index (χ1) is 20.2. The summed E-state index contributed by atoms with van der Waals surface area (Å²) in [6.45, 7) is 4.99. The Labute approximate surface area is 246 Å². The Morgan fingerprint density at radius 1 is 1.05 bits per heavy atom. The van der Waals surface area contributed by atoms with E-state index < -0.39 is 75.5 Å². The summed E-state index contributed by atoms with van der Waals surface area (Å²) in [6.07, 6.45) is 0.225. The molecule has 0 heterocycles. The maximum atomic E-state index is 14.0. The van der Waals surface area contributed by atoms with Crippen LogP contribution in [-0.2, 0) is 30.4 Å². The number of rotatable bonds is 6. The van der Waals surface area contributed by atoms with Gasteiger partial charge in [0.05, 0.1) is 5.56 Å². The highest BCUT2D eigenvalue weighted by atomic mass is 16.3. The summed E-state index contributed by atoms with van der Waals surface area (Å²) in [4.78, 5) is 63.1. The van der Waals surface area contributed by atoms with E-state index in [0.717, 1.165) is 0 Å².